The van der Waals surface area contributed by atoms with Crippen molar-refractivity contribution in [2.75, 3.05) is 0 Å². The van der Waals surface area contributed by atoms with Gasteiger partial charge in [-0.25, -0.2) is 0 Å². The van der Waals surface area contributed by atoms with Crippen molar-refractivity contribution in [2.24, 2.45) is 0 Å². The van der Waals surface area contributed by atoms with E-state index in [4.69, 9.17) is 0 Å². The molecule has 0 bridgehead atoms. The van der Waals surface area contributed by atoms with Crippen molar-refractivity contribution in [3.8, 4) is 0 Å². The molecular weight excluding hydrogens is 207 g/mol. The molecule has 0 saturated heterocycles. The Morgan fingerprint density at radius 2 is 1.60 bits per heavy atom. The number of hydrogen-bond donors (Lipinski definition) is 1. The molecule has 0 aliphatic rings. The summed E-state index contributed by atoms with van der Waals surface area (Å²) in [6, 6.07) is 1.78. The van der Waals surface area contributed by atoms with Crippen LogP contribution in [0.25, 0.3) is 0 Å². The number of rotatable bonds is 1. The molecule has 0 aliphatic heterocycles. The van der Waals surface area contributed by atoms with Crippen molar-refractivity contribution in [1.82, 2.24) is 10.2 Å². The lowest BCUT2D eigenvalue weighted by Gasteiger charge is -2.43. The first-order chi connectivity index (χ1) is 6.61. The highest BCUT2D eigenvalue weighted by Crippen LogP contribution is 2.50. The maximum Gasteiger partial charge on any atom is 0.305 e. The van der Waals surface area contributed by atoms with Crippen LogP contribution >= 0.6 is 0 Å². The molecule has 0 amide bonds. The summed E-state index contributed by atoms with van der Waals surface area (Å²) >= 11 is 0. The number of halogens is 1. The monoisotopic (exact) mass is 228 g/mol. The van der Waals surface area contributed by atoms with Crippen molar-refractivity contribution in [3.05, 3.63) is 12.3 Å². The lowest BCUT2D eigenvalue weighted by atomic mass is 10.2. The molecule has 0 saturated carbocycles. The number of hydrogen-bond acceptors (Lipinski definition) is 1. The van der Waals surface area contributed by atoms with Gasteiger partial charge in [-0.1, -0.05) is 41.5 Å². The van der Waals surface area contributed by atoms with E-state index in [1.165, 1.54) is 0 Å². The summed E-state index contributed by atoms with van der Waals surface area (Å²) in [5, 5.41) is 6.74. The third-order valence-corrected chi connectivity index (χ3v) is 8.09. The van der Waals surface area contributed by atoms with Gasteiger partial charge in [0.1, 0.15) is 0 Å². The van der Waals surface area contributed by atoms with Crippen LogP contribution in [0.2, 0.25) is 10.1 Å². The Kier molecular flexibility index (Phi) is 2.85. The molecule has 0 unspecified atom stereocenters. The zero-order chi connectivity index (χ0) is 11.9. The number of H-pyrrole nitrogens is 1. The average molecular weight is 228 g/mol. The second kappa shape index (κ2) is 3.44. The Balaban J connectivity index is 3.33. The van der Waals surface area contributed by atoms with E-state index >= 15 is 4.11 Å². The molecule has 1 N–H and O–H groups in total. The third-order valence-electron chi connectivity index (χ3n) is 2.94. The van der Waals surface area contributed by atoms with E-state index in [-0.39, 0.29) is 10.1 Å². The van der Waals surface area contributed by atoms with Crippen LogP contribution in [0.3, 0.4) is 0 Å². The van der Waals surface area contributed by atoms with Gasteiger partial charge < -0.3 is 4.11 Å². The van der Waals surface area contributed by atoms with Crippen molar-refractivity contribution in [3.63, 3.8) is 0 Å². The van der Waals surface area contributed by atoms with Crippen molar-refractivity contribution in [2.45, 2.75) is 51.6 Å². The van der Waals surface area contributed by atoms with Crippen LogP contribution in [0, 0.1) is 0 Å². The summed E-state index contributed by atoms with van der Waals surface area (Å²) < 4.78 is 15.4. The minimum Gasteiger partial charge on any atom is -0.305 e. The fourth-order valence-corrected chi connectivity index (χ4v) is 6.77. The first-order valence-electron chi connectivity index (χ1n) is 5.29. The van der Waals surface area contributed by atoms with Gasteiger partial charge in [0, 0.05) is 6.20 Å². The molecule has 0 radical (unpaired) electrons. The van der Waals surface area contributed by atoms with Gasteiger partial charge >= 0.3 is 8.41 Å². The number of aromatic amines is 1. The van der Waals surface area contributed by atoms with E-state index in [9.17, 15) is 0 Å². The summed E-state index contributed by atoms with van der Waals surface area (Å²) in [4.78, 5) is 0. The second-order valence-corrected chi connectivity index (χ2v) is 11.0. The normalized spacial score (nSPS) is 14.3. The Morgan fingerprint density at radius 1 is 1.13 bits per heavy atom. The molecule has 1 aromatic heterocycles. The highest BCUT2D eigenvalue weighted by atomic mass is 28.4. The molecular formula is C11H21FN2Si. The first-order valence-corrected chi connectivity index (χ1v) is 7.17. The molecule has 2 nitrogen and oxygen atoms in total. The quantitative estimate of drug-likeness (QED) is 0.580. The molecule has 0 aliphatic carbocycles. The zero-order valence-electron chi connectivity index (χ0n) is 10.5. The molecule has 1 aromatic rings. The maximum atomic E-state index is 15.4. The van der Waals surface area contributed by atoms with Gasteiger partial charge in [0.15, 0.2) is 0 Å². The third kappa shape index (κ3) is 1.87. The van der Waals surface area contributed by atoms with Crippen LogP contribution in [0.15, 0.2) is 12.3 Å². The summed E-state index contributed by atoms with van der Waals surface area (Å²) in [6.45, 7) is 11.9. The molecule has 1 heterocycles. The fourth-order valence-electron chi connectivity index (χ4n) is 2.38. The van der Waals surface area contributed by atoms with Crippen LogP contribution < -0.4 is 5.32 Å². The molecule has 0 aromatic carbocycles. The van der Waals surface area contributed by atoms with Gasteiger partial charge in [0.05, 0.1) is 5.32 Å². The molecule has 1 rings (SSSR count). The van der Waals surface area contributed by atoms with Gasteiger partial charge in [0.25, 0.3) is 0 Å². The Hall–Kier alpha value is -0.643. The average Bonchev–Trinajstić information content (AvgIpc) is 2.49. The van der Waals surface area contributed by atoms with Gasteiger partial charge in [0.2, 0.25) is 0 Å². The minimum absolute atomic E-state index is 0.336. The van der Waals surface area contributed by atoms with E-state index in [2.05, 4.69) is 10.2 Å². The minimum atomic E-state index is -3.09. The lowest BCUT2D eigenvalue weighted by molar-refractivity contribution is 0.532. The topological polar surface area (TPSA) is 28.7 Å². The Morgan fingerprint density at radius 3 is 1.87 bits per heavy atom. The molecule has 0 atom stereocenters. The fraction of sp³-hybridized carbons (Fsp3) is 0.727. The van der Waals surface area contributed by atoms with Gasteiger partial charge in [-0.15, -0.1) is 0 Å². The molecule has 0 fully saturated rings. The van der Waals surface area contributed by atoms with E-state index in [1.807, 2.05) is 41.5 Å². The molecule has 0 spiro atoms. The number of nitrogens with zero attached hydrogens (tertiary/aromatic N) is 1. The Bertz CT molecular complexity index is 305. The molecule has 86 valence electrons. The summed E-state index contributed by atoms with van der Waals surface area (Å²) in [7, 11) is -3.09. The highest BCUT2D eigenvalue weighted by Gasteiger charge is 2.57. The van der Waals surface area contributed by atoms with E-state index in [0.717, 1.165) is 0 Å². The molecule has 15 heavy (non-hydrogen) atoms. The van der Waals surface area contributed by atoms with E-state index < -0.39 is 8.41 Å². The van der Waals surface area contributed by atoms with Gasteiger partial charge in [-0.2, -0.15) is 5.10 Å². The van der Waals surface area contributed by atoms with Crippen LogP contribution in [-0.4, -0.2) is 18.6 Å². The molecule has 4 heteroatoms. The van der Waals surface area contributed by atoms with Crippen molar-refractivity contribution < 1.29 is 4.11 Å². The number of aromatic nitrogens is 2. The highest BCUT2D eigenvalue weighted by molar-refractivity contribution is 6.90. The second-order valence-electron chi connectivity index (χ2n) is 6.13. The Labute approximate surface area is 92.5 Å². The van der Waals surface area contributed by atoms with Crippen LogP contribution in [0.4, 0.5) is 4.11 Å². The van der Waals surface area contributed by atoms with E-state index in [0.29, 0.717) is 5.32 Å². The van der Waals surface area contributed by atoms with Crippen LogP contribution in [-0.2, 0) is 0 Å². The summed E-state index contributed by atoms with van der Waals surface area (Å²) in [5.41, 5.74) is 0. The van der Waals surface area contributed by atoms with Crippen molar-refractivity contribution in [1.29, 1.82) is 0 Å². The maximum absolute atomic E-state index is 15.4. The smallest absolute Gasteiger partial charge is 0.305 e. The number of nitrogens with one attached hydrogen (secondary N) is 1. The summed E-state index contributed by atoms with van der Waals surface area (Å²) in [5.74, 6) is 0. The van der Waals surface area contributed by atoms with Crippen LogP contribution in [0.5, 0.6) is 0 Å². The summed E-state index contributed by atoms with van der Waals surface area (Å²) in [6.07, 6.45) is 1.63. The largest absolute Gasteiger partial charge is 0.305 e. The predicted octanol–water partition coefficient (Wildman–Crippen LogP) is 3.13. The predicted molar refractivity (Wildman–Crippen MR) is 64.5 cm³/mol. The van der Waals surface area contributed by atoms with Gasteiger partial charge in [-0.3, -0.25) is 5.10 Å². The van der Waals surface area contributed by atoms with Crippen molar-refractivity contribution >= 4 is 13.7 Å². The SMILES string of the molecule is CC(C)(C)[Si](F)(c1ccn[nH]1)C(C)(C)C. The standard InChI is InChI=1S/C11H21FN2Si/c1-10(2,3)15(12,11(4,5)6)9-7-8-13-14-9/h7-8H,1-6H3,(H,13,14). The van der Waals surface area contributed by atoms with Crippen LogP contribution in [0.1, 0.15) is 41.5 Å². The first kappa shape index (κ1) is 12.4. The van der Waals surface area contributed by atoms with Gasteiger partial charge in [-0.05, 0) is 16.1 Å². The zero-order valence-corrected chi connectivity index (χ0v) is 11.5. The lowest BCUT2D eigenvalue weighted by Crippen LogP contribution is -2.58. The van der Waals surface area contributed by atoms with E-state index in [1.54, 1.807) is 12.3 Å².